The standard InChI is InChI=1S/C79H134N2/c1-5-9-13-16-19-22-24-26-28-30-32-34-36-38-40-42-44-46-48-51-53-56-59-66-74-68-62-64-71-76(74)80-78(70-12-8-4)79(73-61-58-55-50-21-18-15-11-7-3)81-77-72-65-63-69-75(77)67-60-57-54-52-49-47-45-43-41-39-37-35-33-31-29-27-25-23-20-17-14-10-6-2/h51-54,62-65,68-69,71-72H,5-50,55-60,66-67,70H2,1-4H3/b53-51+,54-52+,80-78?,81-79?. The fraction of sp³-hybridized carbons (Fsp3) is 0.747. The van der Waals surface area contributed by atoms with Gasteiger partial charge in [0.2, 0.25) is 0 Å². The number of hydrogen-bond donors (Lipinski definition) is 0. The first-order valence-electron chi connectivity index (χ1n) is 36.3. The average molecular weight is 1110 g/mol. The third kappa shape index (κ3) is 46.8. The molecule has 2 rings (SSSR count). The molecule has 0 heterocycles. The van der Waals surface area contributed by atoms with Crippen molar-refractivity contribution in [3.8, 4) is 11.8 Å². The second kappa shape index (κ2) is 60.0. The van der Waals surface area contributed by atoms with Gasteiger partial charge in [0.15, 0.2) is 0 Å². The summed E-state index contributed by atoms with van der Waals surface area (Å²) >= 11 is 0. The molecule has 0 aromatic heterocycles. The first kappa shape index (κ1) is 73.9. The Kier molecular flexibility index (Phi) is 54.7. The molecule has 0 bridgehead atoms. The maximum Gasteiger partial charge on any atom is 0.135 e. The van der Waals surface area contributed by atoms with Crippen molar-refractivity contribution in [1.82, 2.24) is 0 Å². The Labute approximate surface area is 506 Å². The topological polar surface area (TPSA) is 24.7 Å². The van der Waals surface area contributed by atoms with Crippen LogP contribution in [0.15, 0.2) is 82.8 Å². The highest BCUT2D eigenvalue weighted by molar-refractivity contribution is 6.49. The number of rotatable bonds is 59. The van der Waals surface area contributed by atoms with Crippen molar-refractivity contribution in [2.24, 2.45) is 9.98 Å². The lowest BCUT2D eigenvalue weighted by atomic mass is 10.0. The molecule has 0 saturated carbocycles. The number of benzene rings is 2. The Morgan fingerprint density at radius 2 is 0.593 bits per heavy atom. The number of aryl methyl sites for hydroxylation is 2. The minimum Gasteiger partial charge on any atom is -0.250 e. The summed E-state index contributed by atoms with van der Waals surface area (Å²) in [7, 11) is 0. The Bertz CT molecular complexity index is 1830. The zero-order valence-electron chi connectivity index (χ0n) is 54.7. The zero-order valence-corrected chi connectivity index (χ0v) is 54.7. The number of hydrogen-bond acceptors (Lipinski definition) is 2. The molecule has 0 aliphatic carbocycles. The first-order valence-corrected chi connectivity index (χ1v) is 36.3. The lowest BCUT2D eigenvalue weighted by Crippen LogP contribution is -2.13. The van der Waals surface area contributed by atoms with Crippen LogP contribution in [0.5, 0.6) is 0 Å². The molecule has 0 amide bonds. The minimum atomic E-state index is 0.875. The molecule has 2 nitrogen and oxygen atoms in total. The van der Waals surface area contributed by atoms with Gasteiger partial charge in [0.1, 0.15) is 5.71 Å². The van der Waals surface area contributed by atoms with Crippen molar-refractivity contribution in [3.05, 3.63) is 84.0 Å². The van der Waals surface area contributed by atoms with Gasteiger partial charge in [-0.1, -0.05) is 358 Å². The Morgan fingerprint density at radius 1 is 0.309 bits per heavy atom. The molecule has 2 aromatic carbocycles. The lowest BCUT2D eigenvalue weighted by molar-refractivity contribution is 0.525. The molecule has 0 fully saturated rings. The highest BCUT2D eigenvalue weighted by Gasteiger charge is 2.12. The second-order valence-electron chi connectivity index (χ2n) is 24.9. The van der Waals surface area contributed by atoms with Gasteiger partial charge in [-0.05, 0) is 113 Å². The predicted octanol–water partition coefficient (Wildman–Crippen LogP) is 27.5. The summed E-state index contributed by atoms with van der Waals surface area (Å²) < 4.78 is 0. The van der Waals surface area contributed by atoms with Crippen LogP contribution in [0.2, 0.25) is 0 Å². The van der Waals surface area contributed by atoms with E-state index in [0.717, 1.165) is 93.4 Å². The molecule has 0 saturated heterocycles. The van der Waals surface area contributed by atoms with E-state index in [4.69, 9.17) is 9.98 Å². The monoisotopic (exact) mass is 1110 g/mol. The van der Waals surface area contributed by atoms with Crippen LogP contribution in [0.4, 0.5) is 11.4 Å². The Balaban J connectivity index is 1.84. The van der Waals surface area contributed by atoms with Crippen LogP contribution >= 0.6 is 0 Å². The van der Waals surface area contributed by atoms with Crippen LogP contribution in [-0.4, -0.2) is 11.4 Å². The van der Waals surface area contributed by atoms with E-state index in [9.17, 15) is 0 Å². The van der Waals surface area contributed by atoms with Crippen molar-refractivity contribution >= 4 is 22.8 Å². The predicted molar refractivity (Wildman–Crippen MR) is 368 cm³/mol. The minimum absolute atomic E-state index is 0.875. The van der Waals surface area contributed by atoms with E-state index in [1.807, 2.05) is 0 Å². The second-order valence-corrected chi connectivity index (χ2v) is 24.9. The van der Waals surface area contributed by atoms with E-state index in [-0.39, 0.29) is 0 Å². The fourth-order valence-electron chi connectivity index (χ4n) is 11.6. The highest BCUT2D eigenvalue weighted by Crippen LogP contribution is 2.26. The van der Waals surface area contributed by atoms with E-state index in [2.05, 4.69) is 112 Å². The number of unbranched alkanes of at least 4 members (excludes halogenated alkanes) is 46. The lowest BCUT2D eigenvalue weighted by Gasteiger charge is -2.11. The van der Waals surface area contributed by atoms with Crippen LogP contribution in [0, 0.1) is 11.8 Å². The first-order chi connectivity index (χ1) is 40.2. The molecule has 81 heavy (non-hydrogen) atoms. The number of para-hydroxylation sites is 2. The van der Waals surface area contributed by atoms with E-state index < -0.39 is 0 Å². The van der Waals surface area contributed by atoms with Gasteiger partial charge in [-0.2, -0.15) is 0 Å². The van der Waals surface area contributed by atoms with E-state index >= 15 is 0 Å². The van der Waals surface area contributed by atoms with Gasteiger partial charge < -0.3 is 0 Å². The van der Waals surface area contributed by atoms with Gasteiger partial charge in [0, 0.05) is 6.42 Å². The van der Waals surface area contributed by atoms with Crippen LogP contribution in [0.3, 0.4) is 0 Å². The van der Waals surface area contributed by atoms with E-state index in [0.29, 0.717) is 0 Å². The molecule has 0 aliphatic rings. The number of nitrogens with zero attached hydrogens (tertiary/aromatic N) is 2. The molecule has 2 aromatic rings. The molecule has 0 aliphatic heterocycles. The summed E-state index contributed by atoms with van der Waals surface area (Å²) in [4.78, 5) is 11.0. The molecule has 0 spiro atoms. The van der Waals surface area contributed by atoms with Crippen molar-refractivity contribution in [2.75, 3.05) is 0 Å². The summed E-state index contributed by atoms with van der Waals surface area (Å²) in [5, 5.41) is 0. The third-order valence-corrected chi connectivity index (χ3v) is 17.0. The van der Waals surface area contributed by atoms with Crippen LogP contribution in [0.1, 0.15) is 379 Å². The number of aliphatic imine (C=N–C) groups is 2. The summed E-state index contributed by atoms with van der Waals surface area (Å²) in [6.07, 6.45) is 83.6. The van der Waals surface area contributed by atoms with Crippen LogP contribution < -0.4 is 0 Å². The molecule has 0 atom stereocenters. The van der Waals surface area contributed by atoms with Gasteiger partial charge in [-0.25, -0.2) is 4.99 Å². The van der Waals surface area contributed by atoms with Gasteiger partial charge in [-0.15, -0.1) is 0 Å². The van der Waals surface area contributed by atoms with Crippen LogP contribution in [-0.2, 0) is 12.8 Å². The fourth-order valence-corrected chi connectivity index (χ4v) is 11.6. The maximum atomic E-state index is 5.51. The van der Waals surface area contributed by atoms with Gasteiger partial charge in [0.25, 0.3) is 0 Å². The molecule has 2 heteroatoms. The number of allylic oxidation sites excluding steroid dienone is 4. The summed E-state index contributed by atoms with van der Waals surface area (Å²) in [6, 6.07) is 17.7. The molecule has 460 valence electrons. The SMILES string of the molecule is CCCCCCCCCC#CC(=Nc1ccccc1CCC/C=C/CCCCCCCCCCCCCCCCCCCC)C(CCCC)=Nc1ccccc1CCC/C=C/CCCCCCCCCCCCCCCCCCCC. The summed E-state index contributed by atoms with van der Waals surface area (Å²) in [5.41, 5.74) is 6.75. The molecular formula is C79H134N2. The van der Waals surface area contributed by atoms with Crippen LogP contribution in [0.25, 0.3) is 0 Å². The van der Waals surface area contributed by atoms with E-state index in [1.165, 1.54) is 294 Å². The molecular weight excluding hydrogens is 977 g/mol. The Morgan fingerprint density at radius 3 is 0.938 bits per heavy atom. The highest BCUT2D eigenvalue weighted by atomic mass is 14.8. The molecule has 0 unspecified atom stereocenters. The van der Waals surface area contributed by atoms with Gasteiger partial charge >= 0.3 is 0 Å². The van der Waals surface area contributed by atoms with Crippen molar-refractivity contribution in [2.45, 2.75) is 381 Å². The Hall–Kier alpha value is -3.18. The smallest absolute Gasteiger partial charge is 0.135 e. The largest absolute Gasteiger partial charge is 0.250 e. The zero-order chi connectivity index (χ0) is 57.7. The van der Waals surface area contributed by atoms with Crippen molar-refractivity contribution in [3.63, 3.8) is 0 Å². The van der Waals surface area contributed by atoms with Gasteiger partial charge in [0.05, 0.1) is 17.1 Å². The summed E-state index contributed by atoms with van der Waals surface area (Å²) in [6.45, 7) is 9.21. The maximum absolute atomic E-state index is 5.51. The average Bonchev–Trinajstić information content (AvgIpc) is 3.48. The quantitative estimate of drug-likeness (QED) is 0.0273. The van der Waals surface area contributed by atoms with Gasteiger partial charge in [-0.3, -0.25) is 4.99 Å². The third-order valence-electron chi connectivity index (χ3n) is 17.0. The van der Waals surface area contributed by atoms with E-state index in [1.54, 1.807) is 0 Å². The van der Waals surface area contributed by atoms with Crippen molar-refractivity contribution < 1.29 is 0 Å². The molecule has 0 N–H and O–H groups in total. The van der Waals surface area contributed by atoms with Crippen molar-refractivity contribution in [1.29, 1.82) is 0 Å². The molecule has 0 radical (unpaired) electrons. The summed E-state index contributed by atoms with van der Waals surface area (Å²) in [5.74, 6) is 7.26. The normalized spacial score (nSPS) is 12.1.